The van der Waals surface area contributed by atoms with Crippen LogP contribution in [0.1, 0.15) is 65.9 Å². The number of nitrogens with two attached hydrogens (primary N) is 1. The number of hydrogen-bond donors (Lipinski definition) is 1. The summed E-state index contributed by atoms with van der Waals surface area (Å²) in [5, 5.41) is 12.0. The molecule has 5 rings (SSSR count). The summed E-state index contributed by atoms with van der Waals surface area (Å²) in [5.41, 5.74) is 7.00. The predicted molar refractivity (Wildman–Crippen MR) is 183 cm³/mol. The Balaban J connectivity index is 1.40. The third-order valence-electron chi connectivity index (χ3n) is 9.81. The Bertz CT molecular complexity index is 1660. The van der Waals surface area contributed by atoms with Crippen LogP contribution in [-0.4, -0.2) is 90.9 Å². The van der Waals surface area contributed by atoms with Crippen molar-refractivity contribution >= 4 is 51.8 Å². The van der Waals surface area contributed by atoms with Crippen molar-refractivity contribution in [2.24, 2.45) is 5.73 Å². The van der Waals surface area contributed by atoms with Crippen LogP contribution in [0, 0.1) is 11.3 Å². The number of ether oxygens (including phenoxy) is 1. The van der Waals surface area contributed by atoms with Crippen LogP contribution < -0.4 is 5.73 Å². The third kappa shape index (κ3) is 7.90. The number of rotatable bonds is 11. The number of nitriles is 1. The molecule has 2 aliphatic heterocycles. The third-order valence-corrected chi connectivity index (χ3v) is 10.5. The summed E-state index contributed by atoms with van der Waals surface area (Å²) >= 11 is 12.7. The van der Waals surface area contributed by atoms with E-state index >= 15 is 0 Å². The smallest absolute Gasteiger partial charge is 0.325 e. The lowest BCUT2D eigenvalue weighted by Gasteiger charge is -2.48. The second-order valence-corrected chi connectivity index (χ2v) is 13.4. The highest BCUT2D eigenvalue weighted by molar-refractivity contribution is 6.42. The quantitative estimate of drug-likeness (QED) is 0.262. The predicted octanol–water partition coefficient (Wildman–Crippen LogP) is 5.61. The Kier molecular flexibility index (Phi) is 11.4. The second-order valence-electron chi connectivity index (χ2n) is 12.6. The summed E-state index contributed by atoms with van der Waals surface area (Å²) in [4.78, 5) is 45.8. The number of halogens is 2. The molecule has 0 unspecified atom stereocenters. The molecular weight excluding hydrogens is 637 g/mol. The first-order valence-electron chi connectivity index (χ1n) is 16.2. The highest BCUT2D eigenvalue weighted by atomic mass is 35.5. The molecule has 0 radical (unpaired) electrons. The van der Waals surface area contributed by atoms with Gasteiger partial charge in [-0.1, -0.05) is 60.0 Å². The molecule has 2 heterocycles. The van der Waals surface area contributed by atoms with Crippen molar-refractivity contribution in [2.45, 2.75) is 50.0 Å². The molecule has 2 amide bonds. The minimum absolute atomic E-state index is 0.198. The number of carbonyl (C=O) groups is 3. The van der Waals surface area contributed by atoms with E-state index < -0.39 is 11.5 Å². The van der Waals surface area contributed by atoms with Crippen LogP contribution in [-0.2, 0) is 14.3 Å². The fraction of sp³-hybridized carbons (Fsp3) is 0.444. The van der Waals surface area contributed by atoms with Crippen molar-refractivity contribution in [3.63, 3.8) is 0 Å². The average molecular weight is 679 g/mol. The van der Waals surface area contributed by atoms with Gasteiger partial charge in [0.2, 0.25) is 5.91 Å². The summed E-state index contributed by atoms with van der Waals surface area (Å²) in [7, 11) is 1.29. The zero-order chi connectivity index (χ0) is 33.6. The number of likely N-dealkylation sites (tertiary alicyclic amines) is 2. The van der Waals surface area contributed by atoms with Crippen molar-refractivity contribution in [3.8, 4) is 6.07 Å². The lowest BCUT2D eigenvalue weighted by atomic mass is 9.83. The number of fused-ring (bicyclic) bond motifs is 1. The van der Waals surface area contributed by atoms with Crippen molar-refractivity contribution in [2.75, 3.05) is 52.9 Å². The largest absolute Gasteiger partial charge is 0.468 e. The van der Waals surface area contributed by atoms with Gasteiger partial charge < -0.3 is 20.3 Å². The van der Waals surface area contributed by atoms with Gasteiger partial charge in [0, 0.05) is 31.1 Å². The molecule has 1 atom stereocenters. The van der Waals surface area contributed by atoms with E-state index in [9.17, 15) is 19.6 Å². The zero-order valence-electron chi connectivity index (χ0n) is 26.7. The van der Waals surface area contributed by atoms with Gasteiger partial charge in [0.25, 0.3) is 5.91 Å². The number of amides is 2. The Morgan fingerprint density at radius 3 is 2.38 bits per heavy atom. The number of piperidine rings is 2. The normalized spacial score (nSPS) is 17.5. The molecular formula is C36H41Cl2N5O4. The molecule has 2 saturated heterocycles. The lowest BCUT2D eigenvalue weighted by Crippen LogP contribution is -2.63. The van der Waals surface area contributed by atoms with E-state index in [-0.39, 0.29) is 30.8 Å². The van der Waals surface area contributed by atoms with Crippen molar-refractivity contribution in [1.29, 1.82) is 5.26 Å². The molecule has 0 spiro atoms. The highest BCUT2D eigenvalue weighted by Crippen LogP contribution is 2.34. The first kappa shape index (κ1) is 34.6. The van der Waals surface area contributed by atoms with Gasteiger partial charge in [-0.2, -0.15) is 5.26 Å². The van der Waals surface area contributed by atoms with Crippen LogP contribution in [0.4, 0.5) is 0 Å². The molecule has 248 valence electrons. The maximum absolute atomic E-state index is 14.3. The molecule has 3 aromatic carbocycles. The molecule has 0 bridgehead atoms. The van der Waals surface area contributed by atoms with E-state index in [1.807, 2.05) is 36.4 Å². The maximum Gasteiger partial charge on any atom is 0.325 e. The van der Waals surface area contributed by atoms with Crippen LogP contribution in [0.15, 0.2) is 54.6 Å². The van der Waals surface area contributed by atoms with E-state index in [2.05, 4.69) is 15.9 Å². The van der Waals surface area contributed by atoms with Crippen LogP contribution >= 0.6 is 23.2 Å². The zero-order valence-corrected chi connectivity index (χ0v) is 28.2. The fourth-order valence-corrected chi connectivity index (χ4v) is 7.39. The van der Waals surface area contributed by atoms with Crippen LogP contribution in [0.5, 0.6) is 0 Å². The van der Waals surface area contributed by atoms with E-state index in [1.165, 1.54) is 18.4 Å². The Hall–Kier alpha value is -3.68. The first-order chi connectivity index (χ1) is 22.6. The Labute approximate surface area is 286 Å². The minimum Gasteiger partial charge on any atom is -0.468 e. The van der Waals surface area contributed by atoms with Gasteiger partial charge in [0.05, 0.1) is 28.8 Å². The highest BCUT2D eigenvalue weighted by Gasteiger charge is 2.45. The second kappa shape index (κ2) is 15.5. The van der Waals surface area contributed by atoms with E-state index in [0.29, 0.717) is 52.4 Å². The standard InChI is InChI=1S/C36H41Cl2N5O4/c1-47-33(44)24-42(34(45)30-20-25(22-39)19-27-7-3-4-8-29(27)30)23-28(26-9-10-31(37)32(38)21-26)11-16-41-17-12-36(13-18-41,35(40)46)43-14-5-2-6-15-43/h3-4,7-10,19-21,28H,2,5-6,11-18,23-24H2,1H3,(H2,40,46)/t28-/m1/s1. The maximum atomic E-state index is 14.3. The molecule has 2 fully saturated rings. The average Bonchev–Trinajstić information content (AvgIpc) is 3.10. The van der Waals surface area contributed by atoms with Gasteiger partial charge in [-0.25, -0.2) is 0 Å². The van der Waals surface area contributed by atoms with Gasteiger partial charge in [-0.15, -0.1) is 0 Å². The van der Waals surface area contributed by atoms with Gasteiger partial charge >= 0.3 is 5.97 Å². The van der Waals surface area contributed by atoms with E-state index in [0.717, 1.165) is 50.0 Å². The topological polar surface area (TPSA) is 120 Å². The van der Waals surface area contributed by atoms with Crippen LogP contribution in [0.25, 0.3) is 10.8 Å². The molecule has 9 nitrogen and oxygen atoms in total. The van der Waals surface area contributed by atoms with Gasteiger partial charge in [0.15, 0.2) is 0 Å². The van der Waals surface area contributed by atoms with Gasteiger partial charge in [0.1, 0.15) is 12.1 Å². The summed E-state index contributed by atoms with van der Waals surface area (Å²) in [6.07, 6.45) is 5.35. The number of methoxy groups -OCH3 is 1. The van der Waals surface area contributed by atoms with Crippen molar-refractivity contribution in [3.05, 3.63) is 81.3 Å². The molecule has 47 heavy (non-hydrogen) atoms. The van der Waals surface area contributed by atoms with Gasteiger partial charge in [-0.3, -0.25) is 19.3 Å². The van der Waals surface area contributed by atoms with E-state index in [4.69, 9.17) is 33.7 Å². The molecule has 2 aliphatic rings. The molecule has 0 saturated carbocycles. The van der Waals surface area contributed by atoms with E-state index in [1.54, 1.807) is 18.2 Å². The lowest BCUT2D eigenvalue weighted by molar-refractivity contribution is -0.141. The number of nitrogens with zero attached hydrogens (tertiary/aromatic N) is 4. The van der Waals surface area contributed by atoms with Crippen molar-refractivity contribution in [1.82, 2.24) is 14.7 Å². The minimum atomic E-state index is -0.607. The Morgan fingerprint density at radius 2 is 1.72 bits per heavy atom. The Morgan fingerprint density at radius 1 is 1.00 bits per heavy atom. The fourth-order valence-electron chi connectivity index (χ4n) is 7.08. The first-order valence-corrected chi connectivity index (χ1v) is 16.9. The summed E-state index contributed by atoms with van der Waals surface area (Å²) < 4.78 is 4.99. The number of primary amides is 1. The SMILES string of the molecule is COC(=O)CN(C[C@@H](CCN1CCC(C(N)=O)(N2CCCCC2)CC1)c1ccc(Cl)c(Cl)c1)C(=O)c1cc(C#N)cc2ccccc12. The number of carbonyl (C=O) groups excluding carboxylic acids is 3. The monoisotopic (exact) mass is 677 g/mol. The summed E-state index contributed by atoms with van der Waals surface area (Å²) in [6.45, 7) is 3.89. The molecule has 3 aromatic rings. The summed E-state index contributed by atoms with van der Waals surface area (Å²) in [6, 6.07) is 18.3. The van der Waals surface area contributed by atoms with Crippen LogP contribution in [0.3, 0.4) is 0 Å². The van der Waals surface area contributed by atoms with Gasteiger partial charge in [-0.05, 0) is 92.3 Å². The number of benzene rings is 3. The van der Waals surface area contributed by atoms with Crippen LogP contribution in [0.2, 0.25) is 10.0 Å². The summed E-state index contributed by atoms with van der Waals surface area (Å²) in [5.74, 6) is -1.38. The van der Waals surface area contributed by atoms with Crippen molar-refractivity contribution < 1.29 is 19.1 Å². The molecule has 2 N–H and O–H groups in total. The number of hydrogen-bond acceptors (Lipinski definition) is 7. The molecule has 0 aliphatic carbocycles. The number of esters is 1. The molecule has 11 heteroatoms. The molecule has 0 aromatic heterocycles.